The number of ether oxygens (including phenoxy) is 2. The second kappa shape index (κ2) is 44.4. The zero-order valence-corrected chi connectivity index (χ0v) is 72.0. The number of hydrogen-bond acceptors (Lipinski definition) is 20. The van der Waals surface area contributed by atoms with Crippen LogP contribution in [0.4, 0.5) is 34.5 Å². The van der Waals surface area contributed by atoms with Crippen molar-refractivity contribution in [1.82, 2.24) is 45.5 Å². The molecule has 8 aromatic carbocycles. The van der Waals surface area contributed by atoms with Gasteiger partial charge in [-0.3, -0.25) is 38.4 Å². The first-order valence-electron chi connectivity index (χ1n) is 40.9. The number of nitrogens with one attached hydrogen (secondary N) is 5. The maximum atomic E-state index is 12.8. The molecule has 0 saturated heterocycles. The Hall–Kier alpha value is -14.0. The van der Waals surface area contributed by atoms with Crippen LogP contribution in [0.25, 0.3) is 10.9 Å². The highest BCUT2D eigenvalue weighted by Gasteiger charge is 2.27. The van der Waals surface area contributed by atoms with Crippen LogP contribution in [-0.4, -0.2) is 151 Å². The molecule has 648 valence electrons. The molecule has 14 rings (SSSR count). The number of carbonyl (C=O) groups excluding carboxylic acids is 5. The number of fused-ring (bicyclic) bond motifs is 1. The average Bonchev–Trinajstić information content (AvgIpc) is 0.932. The Morgan fingerprint density at radius 3 is 1.17 bits per heavy atom. The van der Waals surface area contributed by atoms with Crippen LogP contribution in [0.15, 0.2) is 218 Å². The number of para-hydroxylation sites is 3. The molecule has 0 aliphatic heterocycles. The summed E-state index contributed by atoms with van der Waals surface area (Å²) in [5.41, 5.74) is 8.20. The minimum absolute atomic E-state index is 0.00857. The van der Waals surface area contributed by atoms with Crippen molar-refractivity contribution in [1.29, 1.82) is 0 Å². The molecule has 5 amide bonds. The molecule has 0 unspecified atom stereocenters. The summed E-state index contributed by atoms with van der Waals surface area (Å²) < 4.78 is 11.7. The number of rotatable bonds is 33. The number of carboxylic acids is 3. The normalized spacial score (nSPS) is 12.3. The minimum atomic E-state index is -1.07. The summed E-state index contributed by atoms with van der Waals surface area (Å²) in [5, 5.41) is 44.0. The Kier molecular flexibility index (Phi) is 32.1. The number of likely N-dealkylation sites (N-methyl/N-ethyl adjacent to an activating group) is 2. The highest BCUT2D eigenvalue weighted by atomic mass is 35.5. The lowest BCUT2D eigenvalue weighted by Gasteiger charge is -2.22. The highest BCUT2D eigenvalue weighted by molar-refractivity contribution is 6.31. The number of aliphatic carboxylic acids is 3. The summed E-state index contributed by atoms with van der Waals surface area (Å²) >= 11 is 19.2. The number of aromatic nitrogens is 7. The third kappa shape index (κ3) is 27.5. The van der Waals surface area contributed by atoms with E-state index in [1.165, 1.54) is 0 Å². The summed E-state index contributed by atoms with van der Waals surface area (Å²) in [6.07, 6.45) is 8.65. The summed E-state index contributed by atoms with van der Waals surface area (Å²) in [6, 6.07) is 67.2. The lowest BCUT2D eigenvalue weighted by atomic mass is 10.1. The van der Waals surface area contributed by atoms with Crippen molar-refractivity contribution >= 4 is 128 Å². The van der Waals surface area contributed by atoms with E-state index in [9.17, 15) is 48.6 Å². The number of anilines is 6. The van der Waals surface area contributed by atoms with Gasteiger partial charge in [0.25, 0.3) is 5.91 Å². The lowest BCUT2D eigenvalue weighted by Crippen LogP contribution is -2.40. The second-order valence-corrected chi connectivity index (χ2v) is 31.7. The van der Waals surface area contributed by atoms with E-state index < -0.39 is 17.9 Å². The number of pyridine rings is 1. The van der Waals surface area contributed by atoms with Gasteiger partial charge in [0.05, 0.1) is 50.7 Å². The van der Waals surface area contributed by atoms with Gasteiger partial charge < -0.3 is 66.1 Å². The SMILES string of the molecule is CN(C)c1nc(Cc2ccc(NC(=O)c3ccc4ccccc4n3)cc2)nc(Cl)c1CC(=O)O.CN(CC(=O)NC1CCCC1)c1nc(Cc2ccc(NC(=O)Cc3ccc(Oc4ccccc4)cc3)cc2)nc(Cl)c1CC(=O)O.CN(CC(=O)NC1CCCC1)c1nc(Cc2ccc(NC(=O)Cc3cccc(Oc4ccccc4)c3)cc2)nc(Cl)c1CC(=O)O. The highest BCUT2D eigenvalue weighted by Crippen LogP contribution is 2.32. The van der Waals surface area contributed by atoms with E-state index in [2.05, 4.69) is 61.5 Å². The molecule has 0 bridgehead atoms. The van der Waals surface area contributed by atoms with Gasteiger partial charge in [0.1, 0.15) is 79.1 Å². The molecule has 28 nitrogen and oxygen atoms in total. The third-order valence-corrected chi connectivity index (χ3v) is 21.3. The standard InChI is InChI=1S/2C35H36ClN5O5.C25H22ClN5O3/c1-41(22-32(43)38-25-9-5-6-10-25)35-29(21-33(44)45)34(36)39-30(40-35)19-23-14-16-26(17-15-23)37-31(42)20-24-8-7-13-28(18-24)46-27-11-3-2-4-12-27;1-41(22-32(43)38-25-7-5-6-8-25)35-29(21-33(44)45)34(36)39-30(40-35)19-23-11-15-26(16-12-23)37-31(42)20-24-13-17-28(18-14-24)46-27-9-3-2-4-10-27;1-31(2)24-18(14-22(32)33)23(26)29-21(30-24)13-15-7-10-17(11-8-15)27-25(34)20-12-9-16-5-3-4-6-19(16)28-20/h2-4,7-8,11-18,25H,5-6,9-10,19-22H2,1H3,(H,37,42)(H,38,43)(H,44,45);2-4,9-18,25H,5-8,19-22H2,1H3,(H,37,42)(H,38,43)(H,44,45);3-12H,13-14H2,1-2H3,(H,27,34)(H,32,33). The van der Waals surface area contributed by atoms with Crippen molar-refractivity contribution in [3.8, 4) is 23.0 Å². The Morgan fingerprint density at radius 1 is 0.365 bits per heavy atom. The fourth-order valence-corrected chi connectivity index (χ4v) is 15.1. The predicted molar refractivity (Wildman–Crippen MR) is 485 cm³/mol. The zero-order chi connectivity index (χ0) is 89.2. The lowest BCUT2D eigenvalue weighted by molar-refractivity contribution is -0.137. The third-order valence-electron chi connectivity index (χ3n) is 20.4. The second-order valence-electron chi connectivity index (χ2n) is 30.7. The van der Waals surface area contributed by atoms with Crippen molar-refractivity contribution in [2.45, 2.75) is 115 Å². The molecule has 126 heavy (non-hydrogen) atoms. The van der Waals surface area contributed by atoms with Gasteiger partial charge in [0.15, 0.2) is 0 Å². The van der Waals surface area contributed by atoms with Crippen LogP contribution in [0.2, 0.25) is 15.5 Å². The Labute approximate surface area is 743 Å². The molecule has 2 saturated carbocycles. The monoisotopic (exact) mass is 1760 g/mol. The molecule has 2 aliphatic carbocycles. The van der Waals surface area contributed by atoms with Crippen molar-refractivity contribution in [3.63, 3.8) is 0 Å². The minimum Gasteiger partial charge on any atom is -0.481 e. The summed E-state index contributed by atoms with van der Waals surface area (Å²) in [7, 11) is 6.92. The van der Waals surface area contributed by atoms with E-state index in [-0.39, 0.29) is 113 Å². The van der Waals surface area contributed by atoms with Crippen molar-refractivity contribution < 1.29 is 63.1 Å². The largest absolute Gasteiger partial charge is 0.481 e. The van der Waals surface area contributed by atoms with E-state index in [0.717, 1.165) is 102 Å². The first-order valence-corrected chi connectivity index (χ1v) is 42.0. The van der Waals surface area contributed by atoms with Crippen molar-refractivity contribution in [2.75, 3.05) is 71.9 Å². The van der Waals surface area contributed by atoms with Gasteiger partial charge in [-0.05, 0) is 151 Å². The molecular formula is C95H94Cl3N15O13. The maximum Gasteiger partial charge on any atom is 0.308 e. The summed E-state index contributed by atoms with van der Waals surface area (Å²) in [4.78, 5) is 134. The molecule has 12 aromatic rings. The summed E-state index contributed by atoms with van der Waals surface area (Å²) in [6.45, 7) is 0.0184. The van der Waals surface area contributed by atoms with Gasteiger partial charge in [-0.2, -0.15) is 0 Å². The zero-order valence-electron chi connectivity index (χ0n) is 69.7. The van der Waals surface area contributed by atoms with Crippen LogP contribution < -0.4 is 50.8 Å². The molecule has 4 heterocycles. The van der Waals surface area contributed by atoms with Gasteiger partial charge >= 0.3 is 17.9 Å². The fourth-order valence-electron chi connectivity index (χ4n) is 14.4. The first-order chi connectivity index (χ1) is 60.7. The number of nitrogens with zero attached hydrogens (tertiary/aromatic N) is 10. The fraction of sp³-hybridized carbons (Fsp3) is 0.253. The van der Waals surface area contributed by atoms with Crippen LogP contribution in [0, 0.1) is 0 Å². The summed E-state index contributed by atoms with van der Waals surface area (Å²) in [5.74, 6) is 1.06. The molecule has 8 N–H and O–H groups in total. The van der Waals surface area contributed by atoms with Gasteiger partial charge in [-0.25, -0.2) is 34.9 Å². The number of halogens is 3. The van der Waals surface area contributed by atoms with E-state index in [1.807, 2.05) is 176 Å². The maximum absolute atomic E-state index is 12.8. The Morgan fingerprint density at radius 2 is 0.738 bits per heavy atom. The average molecular weight is 1760 g/mol. The van der Waals surface area contributed by atoms with Crippen LogP contribution in [-0.2, 0) is 84.9 Å². The Balaban J connectivity index is 0.000000174. The molecule has 0 radical (unpaired) electrons. The van der Waals surface area contributed by atoms with Crippen LogP contribution in [0.3, 0.4) is 0 Å². The van der Waals surface area contributed by atoms with Gasteiger partial charge in [0.2, 0.25) is 23.6 Å². The number of amides is 5. The van der Waals surface area contributed by atoms with E-state index in [1.54, 1.807) is 85.4 Å². The van der Waals surface area contributed by atoms with E-state index >= 15 is 0 Å². The van der Waals surface area contributed by atoms with Crippen LogP contribution in [0.5, 0.6) is 23.0 Å². The smallest absolute Gasteiger partial charge is 0.308 e. The van der Waals surface area contributed by atoms with Crippen molar-refractivity contribution in [3.05, 3.63) is 302 Å². The van der Waals surface area contributed by atoms with Crippen LogP contribution in [0.1, 0.15) is 124 Å². The van der Waals surface area contributed by atoms with Crippen LogP contribution >= 0.6 is 34.8 Å². The molecule has 31 heteroatoms. The van der Waals surface area contributed by atoms with Crippen molar-refractivity contribution in [2.24, 2.45) is 0 Å². The molecule has 2 fully saturated rings. The number of hydrogen-bond donors (Lipinski definition) is 8. The molecule has 2 aliphatic rings. The van der Waals surface area contributed by atoms with E-state index in [4.69, 9.17) is 49.4 Å². The Bertz CT molecular complexity index is 5840. The molecule has 4 aromatic heterocycles. The van der Waals surface area contributed by atoms with E-state index in [0.29, 0.717) is 94.0 Å². The predicted octanol–water partition coefficient (Wildman–Crippen LogP) is 15.8. The molecular weight excluding hydrogens is 1670 g/mol. The topological polar surface area (TPSA) is 376 Å². The van der Waals surface area contributed by atoms with Gasteiger partial charge in [-0.1, -0.05) is 182 Å². The number of carboxylic acid groups (broad SMARTS) is 3. The first kappa shape index (κ1) is 91.3. The molecule has 0 spiro atoms. The number of carbonyl (C=O) groups is 8. The molecule has 0 atom stereocenters. The quantitative estimate of drug-likeness (QED) is 0.0177. The number of benzene rings is 8. The van der Waals surface area contributed by atoms with Gasteiger partial charge in [-0.15, -0.1) is 0 Å². The van der Waals surface area contributed by atoms with Gasteiger partial charge in [0, 0.05) is 98.7 Å².